The van der Waals surface area contributed by atoms with Gasteiger partial charge in [-0.05, 0) is 22.0 Å². The molecule has 0 aliphatic heterocycles. The van der Waals surface area contributed by atoms with Crippen molar-refractivity contribution in [2.24, 2.45) is 7.05 Å². The highest BCUT2D eigenvalue weighted by molar-refractivity contribution is 9.10. The van der Waals surface area contributed by atoms with E-state index in [0.717, 1.165) is 4.47 Å². The van der Waals surface area contributed by atoms with Crippen LogP contribution in [0.4, 0.5) is 0 Å². The molecular formula is C10H13BrN2O3. The maximum Gasteiger partial charge on any atom is 0.307 e. The highest BCUT2D eigenvalue weighted by Crippen LogP contribution is 2.13. The van der Waals surface area contributed by atoms with Crippen molar-refractivity contribution in [2.75, 3.05) is 13.7 Å². The summed E-state index contributed by atoms with van der Waals surface area (Å²) in [5.74, 6) is -0.550. The number of rotatable bonds is 4. The van der Waals surface area contributed by atoms with Crippen molar-refractivity contribution >= 4 is 27.8 Å². The number of hydrogen-bond donors (Lipinski definition) is 1. The zero-order chi connectivity index (χ0) is 12.1. The molecule has 1 N–H and O–H groups in total. The van der Waals surface area contributed by atoms with E-state index in [1.807, 2.05) is 0 Å². The molecule has 16 heavy (non-hydrogen) atoms. The lowest BCUT2D eigenvalue weighted by molar-refractivity contribution is -0.140. The number of nitrogens with one attached hydrogen (secondary N) is 1. The molecule has 88 valence electrons. The van der Waals surface area contributed by atoms with Gasteiger partial charge in [-0.2, -0.15) is 0 Å². The van der Waals surface area contributed by atoms with Gasteiger partial charge in [0.2, 0.25) is 0 Å². The lowest BCUT2D eigenvalue weighted by Crippen LogP contribution is -2.27. The lowest BCUT2D eigenvalue weighted by atomic mass is 10.3. The average molecular weight is 289 g/mol. The molecule has 1 rings (SSSR count). The summed E-state index contributed by atoms with van der Waals surface area (Å²) in [5, 5.41) is 2.64. The highest BCUT2D eigenvalue weighted by Gasteiger charge is 2.10. The standard InChI is InChI=1S/C10H13BrN2O3/c1-13-6-7(11)5-8(13)10(15)12-4-3-9(14)16-2/h5-6H,3-4H2,1-2H3,(H,12,15). The second-order valence-electron chi connectivity index (χ2n) is 3.24. The maximum atomic E-state index is 11.6. The molecule has 0 bridgehead atoms. The van der Waals surface area contributed by atoms with Gasteiger partial charge in [0, 0.05) is 24.3 Å². The first-order valence-corrected chi connectivity index (χ1v) is 5.50. The number of amides is 1. The van der Waals surface area contributed by atoms with E-state index in [2.05, 4.69) is 26.0 Å². The Kier molecular flexibility index (Phi) is 4.54. The summed E-state index contributed by atoms with van der Waals surface area (Å²) in [5.41, 5.74) is 0.539. The number of carbonyl (C=O) groups is 2. The molecule has 1 heterocycles. The molecule has 1 amide bonds. The number of hydrogen-bond acceptors (Lipinski definition) is 3. The van der Waals surface area contributed by atoms with E-state index in [1.165, 1.54) is 7.11 Å². The first-order valence-electron chi connectivity index (χ1n) is 4.71. The van der Waals surface area contributed by atoms with Crippen LogP contribution < -0.4 is 5.32 Å². The molecule has 0 unspecified atom stereocenters. The Morgan fingerprint density at radius 2 is 2.25 bits per heavy atom. The number of carbonyl (C=O) groups excluding carboxylic acids is 2. The van der Waals surface area contributed by atoms with Gasteiger partial charge in [-0.3, -0.25) is 9.59 Å². The van der Waals surface area contributed by atoms with Crippen LogP contribution in [0.3, 0.4) is 0 Å². The van der Waals surface area contributed by atoms with Gasteiger partial charge >= 0.3 is 5.97 Å². The van der Waals surface area contributed by atoms with Gasteiger partial charge in [0.15, 0.2) is 0 Å². The number of ether oxygens (including phenoxy) is 1. The van der Waals surface area contributed by atoms with Gasteiger partial charge in [-0.1, -0.05) is 0 Å². The lowest BCUT2D eigenvalue weighted by Gasteiger charge is -2.04. The fourth-order valence-corrected chi connectivity index (χ4v) is 1.74. The minimum Gasteiger partial charge on any atom is -0.469 e. The van der Waals surface area contributed by atoms with Gasteiger partial charge < -0.3 is 14.6 Å². The van der Waals surface area contributed by atoms with Crippen LogP contribution in [0.1, 0.15) is 16.9 Å². The van der Waals surface area contributed by atoms with Crippen LogP contribution in [0.25, 0.3) is 0 Å². The van der Waals surface area contributed by atoms with Crippen molar-refractivity contribution in [3.8, 4) is 0 Å². The topological polar surface area (TPSA) is 60.3 Å². The molecule has 0 fully saturated rings. The molecule has 0 aliphatic rings. The van der Waals surface area contributed by atoms with Crippen LogP contribution >= 0.6 is 15.9 Å². The van der Waals surface area contributed by atoms with Crippen molar-refractivity contribution in [3.05, 3.63) is 22.4 Å². The number of methoxy groups -OCH3 is 1. The Labute approximate surface area is 102 Å². The molecule has 0 aromatic carbocycles. The molecule has 1 aromatic heterocycles. The Morgan fingerprint density at radius 1 is 1.56 bits per heavy atom. The van der Waals surface area contributed by atoms with E-state index < -0.39 is 0 Å². The van der Waals surface area contributed by atoms with Crippen molar-refractivity contribution in [1.82, 2.24) is 9.88 Å². The van der Waals surface area contributed by atoms with E-state index in [-0.39, 0.29) is 24.8 Å². The highest BCUT2D eigenvalue weighted by atomic mass is 79.9. The molecule has 1 aromatic rings. The van der Waals surface area contributed by atoms with E-state index in [0.29, 0.717) is 5.69 Å². The van der Waals surface area contributed by atoms with Gasteiger partial charge in [0.25, 0.3) is 5.91 Å². The second-order valence-corrected chi connectivity index (χ2v) is 4.15. The summed E-state index contributed by atoms with van der Waals surface area (Å²) in [6.45, 7) is 0.272. The van der Waals surface area contributed by atoms with Gasteiger partial charge in [-0.25, -0.2) is 0 Å². The molecule has 0 aliphatic carbocycles. The zero-order valence-electron chi connectivity index (χ0n) is 9.12. The quantitative estimate of drug-likeness (QED) is 0.844. The Balaban J connectivity index is 2.47. The third kappa shape index (κ3) is 3.37. The first kappa shape index (κ1) is 12.8. The number of halogens is 1. The summed E-state index contributed by atoms with van der Waals surface area (Å²) in [4.78, 5) is 22.5. The van der Waals surface area contributed by atoms with Gasteiger partial charge in [0.05, 0.1) is 13.5 Å². The van der Waals surface area contributed by atoms with Crippen molar-refractivity contribution in [2.45, 2.75) is 6.42 Å². The predicted octanol–water partition coefficient (Wildman–Crippen LogP) is 1.08. The van der Waals surface area contributed by atoms with Crippen LogP contribution in [-0.2, 0) is 16.6 Å². The fraction of sp³-hybridized carbons (Fsp3) is 0.400. The van der Waals surface area contributed by atoms with Crippen LogP contribution in [0.15, 0.2) is 16.7 Å². The fourth-order valence-electron chi connectivity index (χ4n) is 1.22. The van der Waals surface area contributed by atoms with Crippen molar-refractivity contribution < 1.29 is 14.3 Å². The third-order valence-corrected chi connectivity index (χ3v) is 2.48. The molecule has 0 spiro atoms. The van der Waals surface area contributed by atoms with Gasteiger partial charge in [-0.15, -0.1) is 0 Å². The average Bonchev–Trinajstić information content (AvgIpc) is 2.57. The summed E-state index contributed by atoms with van der Waals surface area (Å²) in [6.07, 6.45) is 1.96. The van der Waals surface area contributed by atoms with Crippen molar-refractivity contribution in [1.29, 1.82) is 0 Å². The minimum atomic E-state index is -0.339. The van der Waals surface area contributed by atoms with Gasteiger partial charge in [0.1, 0.15) is 5.69 Å². The number of nitrogens with zero attached hydrogens (tertiary/aromatic N) is 1. The van der Waals surface area contributed by atoms with E-state index in [4.69, 9.17) is 0 Å². The molecule has 0 radical (unpaired) electrons. The SMILES string of the molecule is COC(=O)CCNC(=O)c1cc(Br)cn1C. The summed E-state index contributed by atoms with van der Waals surface area (Å²) in [7, 11) is 3.10. The van der Waals surface area contributed by atoms with E-state index in [9.17, 15) is 9.59 Å². The number of aromatic nitrogens is 1. The normalized spacial score (nSPS) is 9.94. The summed E-state index contributed by atoms with van der Waals surface area (Å²) < 4.78 is 7.01. The zero-order valence-corrected chi connectivity index (χ0v) is 10.7. The molecular weight excluding hydrogens is 276 g/mol. The number of esters is 1. The van der Waals surface area contributed by atoms with Crippen LogP contribution in [0.5, 0.6) is 0 Å². The predicted molar refractivity (Wildman–Crippen MR) is 62.1 cm³/mol. The van der Waals surface area contributed by atoms with Crippen molar-refractivity contribution in [3.63, 3.8) is 0 Å². The molecule has 0 saturated carbocycles. The molecule has 5 nitrogen and oxygen atoms in total. The van der Waals surface area contributed by atoms with E-state index >= 15 is 0 Å². The maximum absolute atomic E-state index is 11.6. The third-order valence-electron chi connectivity index (χ3n) is 2.05. The molecule has 0 atom stereocenters. The largest absolute Gasteiger partial charge is 0.469 e. The Hall–Kier alpha value is -1.30. The minimum absolute atomic E-state index is 0.174. The smallest absolute Gasteiger partial charge is 0.307 e. The number of aryl methyl sites for hydroxylation is 1. The van der Waals surface area contributed by atoms with Crippen LogP contribution in [0, 0.1) is 0 Å². The molecule has 6 heteroatoms. The second kappa shape index (κ2) is 5.69. The van der Waals surface area contributed by atoms with Crippen LogP contribution in [-0.4, -0.2) is 30.1 Å². The Morgan fingerprint density at radius 3 is 2.75 bits per heavy atom. The first-order chi connectivity index (χ1) is 7.54. The summed E-state index contributed by atoms with van der Waals surface area (Å²) >= 11 is 3.28. The molecule has 0 saturated heterocycles. The monoisotopic (exact) mass is 288 g/mol. The summed E-state index contributed by atoms with van der Waals surface area (Å²) in [6, 6.07) is 1.72. The Bertz CT molecular complexity index is 401. The van der Waals surface area contributed by atoms with Crippen LogP contribution in [0.2, 0.25) is 0 Å². The van der Waals surface area contributed by atoms with E-state index in [1.54, 1.807) is 23.9 Å².